The monoisotopic (exact) mass is 304 g/mol. The third-order valence-electron chi connectivity index (χ3n) is 3.18. The number of alkyl halides is 2. The van der Waals surface area contributed by atoms with Crippen LogP contribution in [0.4, 0.5) is 0 Å². The summed E-state index contributed by atoms with van der Waals surface area (Å²) in [5.74, 6) is -1.92. The normalized spacial score (nSPS) is 41.0. The molecule has 1 fully saturated rings. The van der Waals surface area contributed by atoms with E-state index in [2.05, 4.69) is 0 Å². The molecule has 0 amide bonds. The van der Waals surface area contributed by atoms with E-state index in [-0.39, 0.29) is 22.3 Å². The largest absolute Gasteiger partial charge is 0.349 e. The third-order valence-corrected chi connectivity index (χ3v) is 5.68. The van der Waals surface area contributed by atoms with Crippen molar-refractivity contribution in [3.8, 4) is 0 Å². The van der Waals surface area contributed by atoms with Crippen molar-refractivity contribution in [1.82, 2.24) is 0 Å². The quantitative estimate of drug-likeness (QED) is 0.581. The van der Waals surface area contributed by atoms with Crippen molar-refractivity contribution in [1.29, 1.82) is 0 Å². The molecule has 0 aromatic rings. The summed E-state index contributed by atoms with van der Waals surface area (Å²) in [4.78, 5) is 8.89. The highest BCUT2D eigenvalue weighted by atomic mass is 35.5. The number of rotatable bonds is 2. The fourth-order valence-electron chi connectivity index (χ4n) is 2.42. The van der Waals surface area contributed by atoms with Gasteiger partial charge in [-0.1, -0.05) is 34.8 Å². The number of hydrogen-bond donors (Lipinski definition) is 0. The predicted molar refractivity (Wildman–Crippen MR) is 62.3 cm³/mol. The third kappa shape index (κ3) is 0.995. The number of ketones is 1. The highest BCUT2D eigenvalue weighted by Gasteiger charge is 2.81. The van der Waals surface area contributed by atoms with Gasteiger partial charge in [0.15, 0.2) is 10.7 Å². The molecule has 0 unspecified atom stereocenters. The van der Waals surface area contributed by atoms with E-state index in [9.17, 15) is 4.79 Å². The minimum Gasteiger partial charge on any atom is -0.349 e. The van der Waals surface area contributed by atoms with E-state index >= 15 is 0 Å². The number of fused-ring (bicyclic) bond motifs is 2. The fourth-order valence-corrected chi connectivity index (χ4v) is 4.28. The molecule has 0 heterocycles. The molecule has 2 rings (SSSR count). The maximum absolute atomic E-state index is 11.9. The number of ether oxygens (including phenoxy) is 2. The summed E-state index contributed by atoms with van der Waals surface area (Å²) in [6.07, 6.45) is -0.0746. The molecule has 3 nitrogen and oxygen atoms in total. The number of hydrogen-bond acceptors (Lipinski definition) is 3. The summed E-state index contributed by atoms with van der Waals surface area (Å²) in [5.41, 5.74) is 0. The molecular formula is C9H8Cl4O3. The number of carbonyl (C=O) groups excluding carboxylic acids is 1. The van der Waals surface area contributed by atoms with Gasteiger partial charge in [-0.3, -0.25) is 4.79 Å². The Morgan fingerprint density at radius 1 is 1.12 bits per heavy atom. The Balaban J connectivity index is 2.75. The molecule has 2 aliphatic rings. The lowest BCUT2D eigenvalue weighted by molar-refractivity contribution is -0.215. The summed E-state index contributed by atoms with van der Waals surface area (Å²) < 4.78 is 10.5. The fraction of sp³-hybridized carbons (Fsp3) is 0.667. The molecule has 16 heavy (non-hydrogen) atoms. The van der Waals surface area contributed by atoms with Gasteiger partial charge in [-0.05, 0) is 0 Å². The first-order valence-electron chi connectivity index (χ1n) is 4.39. The van der Waals surface area contributed by atoms with Crippen LogP contribution in [-0.4, -0.2) is 35.5 Å². The highest BCUT2D eigenvalue weighted by Crippen LogP contribution is 2.67. The van der Waals surface area contributed by atoms with Crippen molar-refractivity contribution in [2.75, 3.05) is 14.2 Å². The molecule has 0 aliphatic heterocycles. The highest BCUT2D eigenvalue weighted by molar-refractivity contribution is 6.57. The average molecular weight is 306 g/mol. The van der Waals surface area contributed by atoms with Crippen LogP contribution in [-0.2, 0) is 14.3 Å². The molecule has 0 radical (unpaired) electrons. The molecule has 0 aromatic heterocycles. The summed E-state index contributed by atoms with van der Waals surface area (Å²) in [7, 11) is 2.69. The van der Waals surface area contributed by atoms with Gasteiger partial charge in [0.2, 0.25) is 5.79 Å². The van der Waals surface area contributed by atoms with Gasteiger partial charge in [0.25, 0.3) is 0 Å². The molecule has 7 heteroatoms. The van der Waals surface area contributed by atoms with Gasteiger partial charge in [-0.15, -0.1) is 11.6 Å². The molecule has 0 spiro atoms. The minimum atomic E-state index is -1.66. The Bertz CT molecular complexity index is 404. The van der Waals surface area contributed by atoms with Crippen LogP contribution in [0.3, 0.4) is 0 Å². The van der Waals surface area contributed by atoms with E-state index in [1.54, 1.807) is 0 Å². The molecule has 2 bridgehead atoms. The van der Waals surface area contributed by atoms with E-state index in [1.807, 2.05) is 0 Å². The van der Waals surface area contributed by atoms with Gasteiger partial charge < -0.3 is 9.47 Å². The van der Waals surface area contributed by atoms with E-state index in [0.29, 0.717) is 0 Å². The Kier molecular flexibility index (Phi) is 2.83. The van der Waals surface area contributed by atoms with Gasteiger partial charge in [0.1, 0.15) is 4.87 Å². The van der Waals surface area contributed by atoms with E-state index in [0.717, 1.165) is 0 Å². The standard InChI is InChI=1S/C9H8Cl4O3/c1-15-9(16-2)7(12)3-4(14)8(9,13)6(11)5(7)10/h3H2,1-2H3/t7-,8+/m1/s1. The van der Waals surface area contributed by atoms with Crippen LogP contribution in [0.2, 0.25) is 0 Å². The molecule has 0 saturated heterocycles. The predicted octanol–water partition coefficient (Wildman–Crippen LogP) is 2.61. The summed E-state index contributed by atoms with van der Waals surface area (Å²) in [6.45, 7) is 0. The Hall–Kier alpha value is 0.490. The van der Waals surface area contributed by atoms with E-state index in [4.69, 9.17) is 55.9 Å². The molecule has 2 aliphatic carbocycles. The topological polar surface area (TPSA) is 35.5 Å². The minimum absolute atomic E-state index is 0.0224. The van der Waals surface area contributed by atoms with E-state index in [1.165, 1.54) is 14.2 Å². The zero-order valence-electron chi connectivity index (χ0n) is 8.44. The van der Waals surface area contributed by atoms with Crippen molar-refractivity contribution in [3.05, 3.63) is 10.1 Å². The summed E-state index contributed by atoms with van der Waals surface area (Å²) >= 11 is 24.6. The first-order chi connectivity index (χ1) is 7.31. The summed E-state index contributed by atoms with van der Waals surface area (Å²) in [6, 6.07) is 0. The average Bonchev–Trinajstić information content (AvgIpc) is 2.50. The Morgan fingerprint density at radius 3 is 1.94 bits per heavy atom. The van der Waals surface area contributed by atoms with Crippen molar-refractivity contribution >= 4 is 52.2 Å². The SMILES string of the molecule is COC1(OC)[C@]2(Cl)C(=O)C[C@@]1(Cl)C(Cl)=C2Cl. The van der Waals surface area contributed by atoms with Gasteiger partial charge in [-0.2, -0.15) is 0 Å². The lowest BCUT2D eigenvalue weighted by atomic mass is 10.0. The van der Waals surface area contributed by atoms with Crippen LogP contribution in [0.5, 0.6) is 0 Å². The Labute approximate surface area is 113 Å². The second-order valence-corrected chi connectivity index (χ2v) is 5.68. The number of Topliss-reactive ketones (excluding diaryl/α,β-unsaturated/α-hetero) is 1. The van der Waals surface area contributed by atoms with Gasteiger partial charge in [-0.25, -0.2) is 0 Å². The zero-order chi connectivity index (χ0) is 12.4. The van der Waals surface area contributed by atoms with Crippen LogP contribution in [0.25, 0.3) is 0 Å². The van der Waals surface area contributed by atoms with Crippen LogP contribution in [0.15, 0.2) is 10.1 Å². The first kappa shape index (κ1) is 12.9. The lowest BCUT2D eigenvalue weighted by Crippen LogP contribution is -2.57. The second kappa shape index (κ2) is 3.50. The van der Waals surface area contributed by atoms with Crippen molar-refractivity contribution < 1.29 is 14.3 Å². The number of carbonyl (C=O) groups is 1. The molecule has 2 atom stereocenters. The number of halogens is 4. The van der Waals surface area contributed by atoms with Gasteiger partial charge >= 0.3 is 0 Å². The van der Waals surface area contributed by atoms with Crippen LogP contribution in [0, 0.1) is 0 Å². The second-order valence-electron chi connectivity index (χ2n) is 3.71. The summed E-state index contributed by atoms with van der Waals surface area (Å²) in [5, 5.41) is 0.0833. The van der Waals surface area contributed by atoms with Crippen molar-refractivity contribution in [2.45, 2.75) is 22.0 Å². The maximum atomic E-state index is 11.9. The van der Waals surface area contributed by atoms with Crippen LogP contribution < -0.4 is 0 Å². The van der Waals surface area contributed by atoms with E-state index < -0.39 is 15.5 Å². The molecule has 0 N–H and O–H groups in total. The lowest BCUT2D eigenvalue weighted by Gasteiger charge is -2.38. The van der Waals surface area contributed by atoms with Gasteiger partial charge in [0.05, 0.1) is 10.1 Å². The molecule has 0 aromatic carbocycles. The van der Waals surface area contributed by atoms with Crippen molar-refractivity contribution in [3.63, 3.8) is 0 Å². The maximum Gasteiger partial charge on any atom is 0.225 e. The van der Waals surface area contributed by atoms with Crippen molar-refractivity contribution in [2.24, 2.45) is 0 Å². The smallest absolute Gasteiger partial charge is 0.225 e. The van der Waals surface area contributed by atoms with Crippen LogP contribution >= 0.6 is 46.4 Å². The first-order valence-corrected chi connectivity index (χ1v) is 5.90. The van der Waals surface area contributed by atoms with Gasteiger partial charge in [0, 0.05) is 20.6 Å². The molecule has 90 valence electrons. The molecule has 1 saturated carbocycles. The Morgan fingerprint density at radius 2 is 1.62 bits per heavy atom. The zero-order valence-corrected chi connectivity index (χ0v) is 11.5. The van der Waals surface area contributed by atoms with Crippen LogP contribution in [0.1, 0.15) is 6.42 Å². The molecular weight excluding hydrogens is 298 g/mol. The number of methoxy groups -OCH3 is 2.